The first kappa shape index (κ1) is 20.2. The van der Waals surface area contributed by atoms with Gasteiger partial charge in [-0.25, -0.2) is 0 Å². The zero-order valence-electron chi connectivity index (χ0n) is 15.0. The van der Waals surface area contributed by atoms with Gasteiger partial charge in [0.05, 0.1) is 12.6 Å². The SMILES string of the molecule is O=C(Nc1cccc(OC(F)(F)F)c1)C1CCC(CO)N1Cc1ccccc1. The molecule has 2 aromatic rings. The lowest BCUT2D eigenvalue weighted by molar-refractivity contribution is -0.274. The maximum absolute atomic E-state index is 12.8. The Bertz CT molecular complexity index is 799. The van der Waals surface area contributed by atoms with E-state index in [9.17, 15) is 23.1 Å². The number of nitrogens with zero attached hydrogens (tertiary/aromatic N) is 1. The van der Waals surface area contributed by atoms with Crippen LogP contribution in [-0.2, 0) is 11.3 Å². The molecule has 0 saturated carbocycles. The van der Waals surface area contributed by atoms with Crippen molar-refractivity contribution in [3.63, 3.8) is 0 Å². The average Bonchev–Trinajstić information content (AvgIpc) is 3.04. The number of halogens is 3. The number of ether oxygens (including phenoxy) is 1. The van der Waals surface area contributed by atoms with Gasteiger partial charge < -0.3 is 15.2 Å². The molecule has 2 aromatic carbocycles. The van der Waals surface area contributed by atoms with Crippen molar-refractivity contribution in [2.24, 2.45) is 0 Å². The van der Waals surface area contributed by atoms with Crippen molar-refractivity contribution < 1.29 is 27.8 Å². The molecule has 1 heterocycles. The van der Waals surface area contributed by atoms with Gasteiger partial charge in [-0.1, -0.05) is 36.4 Å². The van der Waals surface area contributed by atoms with Crippen LogP contribution in [0.15, 0.2) is 54.6 Å². The number of aliphatic hydroxyl groups excluding tert-OH is 1. The second kappa shape index (κ2) is 8.62. The first-order chi connectivity index (χ1) is 13.4. The number of hydrogen-bond donors (Lipinski definition) is 2. The Hall–Kier alpha value is -2.58. The van der Waals surface area contributed by atoms with Crippen LogP contribution in [0.4, 0.5) is 18.9 Å². The number of carbonyl (C=O) groups excluding carboxylic acids is 1. The summed E-state index contributed by atoms with van der Waals surface area (Å²) >= 11 is 0. The Labute approximate surface area is 160 Å². The highest BCUT2D eigenvalue weighted by atomic mass is 19.4. The van der Waals surface area contributed by atoms with Crippen LogP contribution < -0.4 is 10.1 Å². The molecule has 1 saturated heterocycles. The molecule has 150 valence electrons. The molecule has 0 spiro atoms. The summed E-state index contributed by atoms with van der Waals surface area (Å²) < 4.78 is 41.0. The zero-order chi connectivity index (χ0) is 20.1. The number of amides is 1. The Morgan fingerprint density at radius 3 is 2.57 bits per heavy atom. The highest BCUT2D eigenvalue weighted by molar-refractivity contribution is 5.95. The van der Waals surface area contributed by atoms with Crippen molar-refractivity contribution in [2.45, 2.75) is 37.8 Å². The van der Waals surface area contributed by atoms with Crippen LogP contribution in [0.25, 0.3) is 0 Å². The molecular weight excluding hydrogens is 373 g/mol. The van der Waals surface area contributed by atoms with Crippen LogP contribution in [0, 0.1) is 0 Å². The summed E-state index contributed by atoms with van der Waals surface area (Å²) in [6, 6.07) is 14.1. The lowest BCUT2D eigenvalue weighted by Crippen LogP contribution is -2.44. The van der Waals surface area contributed by atoms with Crippen molar-refractivity contribution in [2.75, 3.05) is 11.9 Å². The van der Waals surface area contributed by atoms with Crippen LogP contribution in [0.1, 0.15) is 18.4 Å². The van der Waals surface area contributed by atoms with Gasteiger partial charge >= 0.3 is 6.36 Å². The summed E-state index contributed by atoms with van der Waals surface area (Å²) in [5, 5.41) is 12.3. The summed E-state index contributed by atoms with van der Waals surface area (Å²) in [5.41, 5.74) is 1.24. The molecule has 0 bridgehead atoms. The van der Waals surface area contributed by atoms with Gasteiger partial charge in [0.2, 0.25) is 5.91 Å². The molecule has 1 fully saturated rings. The highest BCUT2D eigenvalue weighted by Gasteiger charge is 2.37. The number of benzene rings is 2. The maximum atomic E-state index is 12.8. The summed E-state index contributed by atoms with van der Waals surface area (Å²) in [7, 11) is 0. The summed E-state index contributed by atoms with van der Waals surface area (Å²) in [5.74, 6) is -0.720. The van der Waals surface area contributed by atoms with Gasteiger partial charge in [0, 0.05) is 24.3 Å². The largest absolute Gasteiger partial charge is 0.573 e. The second-order valence-corrected chi connectivity index (χ2v) is 6.65. The molecule has 0 radical (unpaired) electrons. The van der Waals surface area contributed by atoms with Gasteiger partial charge in [0.15, 0.2) is 0 Å². The van der Waals surface area contributed by atoms with Gasteiger partial charge in [-0.2, -0.15) is 0 Å². The minimum absolute atomic E-state index is 0.0640. The number of alkyl halides is 3. The Balaban J connectivity index is 1.71. The van der Waals surface area contributed by atoms with Crippen molar-refractivity contribution in [1.82, 2.24) is 4.90 Å². The minimum atomic E-state index is -4.80. The molecule has 1 aliphatic rings. The van der Waals surface area contributed by atoms with E-state index in [2.05, 4.69) is 10.1 Å². The molecule has 2 N–H and O–H groups in total. The third-order valence-corrected chi connectivity index (χ3v) is 4.70. The number of rotatable bonds is 6. The first-order valence-corrected chi connectivity index (χ1v) is 8.93. The zero-order valence-corrected chi connectivity index (χ0v) is 15.0. The topological polar surface area (TPSA) is 61.8 Å². The number of nitrogens with one attached hydrogen (secondary N) is 1. The lowest BCUT2D eigenvalue weighted by Gasteiger charge is -2.28. The van der Waals surface area contributed by atoms with Crippen LogP contribution >= 0.6 is 0 Å². The van der Waals surface area contributed by atoms with Gasteiger partial charge in [0.1, 0.15) is 5.75 Å². The number of carbonyl (C=O) groups is 1. The molecular formula is C20H21F3N2O3. The van der Waals surface area contributed by atoms with Gasteiger partial charge in [-0.05, 0) is 30.5 Å². The van der Waals surface area contributed by atoms with Crippen molar-refractivity contribution in [3.05, 3.63) is 60.2 Å². The molecule has 0 aromatic heterocycles. The monoisotopic (exact) mass is 394 g/mol. The predicted molar refractivity (Wildman–Crippen MR) is 97.6 cm³/mol. The van der Waals surface area contributed by atoms with E-state index in [1.165, 1.54) is 18.2 Å². The molecule has 5 nitrogen and oxygen atoms in total. The van der Waals surface area contributed by atoms with E-state index in [1.807, 2.05) is 35.2 Å². The molecule has 2 atom stereocenters. The fourth-order valence-electron chi connectivity index (χ4n) is 3.44. The number of anilines is 1. The van der Waals surface area contributed by atoms with E-state index >= 15 is 0 Å². The molecule has 28 heavy (non-hydrogen) atoms. The van der Waals surface area contributed by atoms with E-state index in [-0.39, 0.29) is 24.2 Å². The summed E-state index contributed by atoms with van der Waals surface area (Å²) in [6.45, 7) is 0.437. The number of aliphatic hydroxyl groups is 1. The van der Waals surface area contributed by atoms with Crippen LogP contribution in [0.5, 0.6) is 5.75 Å². The van der Waals surface area contributed by atoms with E-state index in [0.29, 0.717) is 19.4 Å². The Morgan fingerprint density at radius 1 is 1.14 bits per heavy atom. The van der Waals surface area contributed by atoms with Crippen molar-refractivity contribution in [3.8, 4) is 5.75 Å². The smallest absolute Gasteiger partial charge is 0.406 e. The third kappa shape index (κ3) is 5.24. The van der Waals surface area contributed by atoms with Crippen molar-refractivity contribution in [1.29, 1.82) is 0 Å². The highest BCUT2D eigenvalue weighted by Crippen LogP contribution is 2.29. The molecule has 1 amide bonds. The van der Waals surface area contributed by atoms with E-state index < -0.39 is 18.2 Å². The van der Waals surface area contributed by atoms with Gasteiger partial charge in [0.25, 0.3) is 0 Å². The van der Waals surface area contributed by atoms with Gasteiger partial charge in [-0.3, -0.25) is 9.69 Å². The van der Waals surface area contributed by atoms with E-state index in [4.69, 9.17) is 0 Å². The Morgan fingerprint density at radius 2 is 1.89 bits per heavy atom. The fraction of sp³-hybridized carbons (Fsp3) is 0.350. The van der Waals surface area contributed by atoms with Crippen LogP contribution in [-0.4, -0.2) is 41.0 Å². The molecule has 8 heteroatoms. The number of likely N-dealkylation sites (tertiary alicyclic amines) is 1. The quantitative estimate of drug-likeness (QED) is 0.787. The van der Waals surface area contributed by atoms with Crippen LogP contribution in [0.2, 0.25) is 0 Å². The average molecular weight is 394 g/mol. The minimum Gasteiger partial charge on any atom is -0.406 e. The van der Waals surface area contributed by atoms with Gasteiger partial charge in [-0.15, -0.1) is 13.2 Å². The standard InChI is InChI=1S/C20H21F3N2O3/c21-20(22,23)28-17-8-4-7-15(11-17)24-19(27)18-10-9-16(13-26)25(18)12-14-5-2-1-3-6-14/h1-8,11,16,18,26H,9-10,12-13H2,(H,24,27). The van der Waals surface area contributed by atoms with Crippen molar-refractivity contribution >= 4 is 11.6 Å². The molecule has 0 aliphatic carbocycles. The predicted octanol–water partition coefficient (Wildman–Crippen LogP) is 3.55. The number of hydrogen-bond acceptors (Lipinski definition) is 4. The first-order valence-electron chi connectivity index (χ1n) is 8.93. The molecule has 2 unspecified atom stereocenters. The Kier molecular flexibility index (Phi) is 6.21. The lowest BCUT2D eigenvalue weighted by atomic mass is 10.1. The van der Waals surface area contributed by atoms with E-state index in [0.717, 1.165) is 11.6 Å². The second-order valence-electron chi connectivity index (χ2n) is 6.65. The summed E-state index contributed by atoms with van der Waals surface area (Å²) in [6.07, 6.45) is -3.57. The normalized spacial score (nSPS) is 20.1. The van der Waals surface area contributed by atoms with E-state index in [1.54, 1.807) is 0 Å². The molecule has 1 aliphatic heterocycles. The summed E-state index contributed by atoms with van der Waals surface area (Å²) in [4.78, 5) is 14.7. The third-order valence-electron chi connectivity index (χ3n) is 4.70. The van der Waals surface area contributed by atoms with Crippen LogP contribution in [0.3, 0.4) is 0 Å². The fourth-order valence-corrected chi connectivity index (χ4v) is 3.44. The maximum Gasteiger partial charge on any atom is 0.573 e. The molecule has 3 rings (SSSR count).